The molecule has 0 amide bonds. The van der Waals surface area contributed by atoms with Gasteiger partial charge < -0.3 is 9.47 Å². The van der Waals surface area contributed by atoms with Gasteiger partial charge in [0, 0.05) is 19.2 Å². The molecule has 0 saturated carbocycles. The molecule has 0 spiro atoms. The standard InChI is InChI=1S/C19H20F3NO4S/c20-19(21,22)27-17-7-4-8-18(13-17)28(24,25)23-11-9-16(10-12-23)26-14-15-5-2-1-3-6-15/h1-8,13,16H,9-12,14H2. The highest BCUT2D eigenvalue weighted by Gasteiger charge is 2.33. The van der Waals surface area contributed by atoms with E-state index in [1.807, 2.05) is 30.3 Å². The zero-order valence-corrected chi connectivity index (χ0v) is 15.7. The van der Waals surface area contributed by atoms with Crippen molar-refractivity contribution in [2.45, 2.75) is 36.8 Å². The summed E-state index contributed by atoms with van der Waals surface area (Å²) >= 11 is 0. The number of sulfonamides is 1. The highest BCUT2D eigenvalue weighted by molar-refractivity contribution is 7.89. The predicted molar refractivity (Wildman–Crippen MR) is 96.1 cm³/mol. The molecule has 28 heavy (non-hydrogen) atoms. The average Bonchev–Trinajstić information content (AvgIpc) is 2.66. The minimum absolute atomic E-state index is 0.0634. The van der Waals surface area contributed by atoms with Gasteiger partial charge in [0.05, 0.1) is 17.6 Å². The van der Waals surface area contributed by atoms with Crippen molar-refractivity contribution in [2.24, 2.45) is 0 Å². The van der Waals surface area contributed by atoms with E-state index in [4.69, 9.17) is 4.74 Å². The SMILES string of the molecule is O=S(=O)(c1cccc(OC(F)(F)F)c1)N1CCC(OCc2ccccc2)CC1. The van der Waals surface area contributed by atoms with Crippen molar-refractivity contribution in [1.29, 1.82) is 0 Å². The maximum atomic E-state index is 12.7. The van der Waals surface area contributed by atoms with Gasteiger partial charge in [-0.3, -0.25) is 0 Å². The Morgan fingerprint density at radius 1 is 1.00 bits per heavy atom. The zero-order valence-electron chi connectivity index (χ0n) is 14.9. The first-order chi connectivity index (χ1) is 13.2. The summed E-state index contributed by atoms with van der Waals surface area (Å²) in [5, 5.41) is 0. The second-order valence-electron chi connectivity index (χ2n) is 6.42. The monoisotopic (exact) mass is 415 g/mol. The number of ether oxygens (including phenoxy) is 2. The number of halogens is 3. The Balaban J connectivity index is 1.59. The fourth-order valence-electron chi connectivity index (χ4n) is 3.01. The van der Waals surface area contributed by atoms with Gasteiger partial charge in [-0.25, -0.2) is 8.42 Å². The number of piperidine rings is 1. The van der Waals surface area contributed by atoms with E-state index in [1.54, 1.807) is 0 Å². The van der Waals surface area contributed by atoms with Crippen LogP contribution in [0.25, 0.3) is 0 Å². The summed E-state index contributed by atoms with van der Waals surface area (Å²) < 4.78 is 73.5. The fourth-order valence-corrected chi connectivity index (χ4v) is 4.51. The van der Waals surface area contributed by atoms with Crippen molar-refractivity contribution in [1.82, 2.24) is 4.31 Å². The van der Waals surface area contributed by atoms with Crippen LogP contribution in [0.15, 0.2) is 59.5 Å². The summed E-state index contributed by atoms with van der Waals surface area (Å²) in [7, 11) is -3.90. The largest absolute Gasteiger partial charge is 0.573 e. The first-order valence-electron chi connectivity index (χ1n) is 8.75. The molecule has 0 atom stereocenters. The van der Waals surface area contributed by atoms with E-state index in [0.717, 1.165) is 17.7 Å². The van der Waals surface area contributed by atoms with Crippen LogP contribution in [0, 0.1) is 0 Å². The second-order valence-corrected chi connectivity index (χ2v) is 8.36. The summed E-state index contributed by atoms with van der Waals surface area (Å²) in [5.74, 6) is -0.561. The summed E-state index contributed by atoms with van der Waals surface area (Å²) in [5.41, 5.74) is 1.04. The number of nitrogens with zero attached hydrogens (tertiary/aromatic N) is 1. The first kappa shape index (κ1) is 20.6. The van der Waals surface area contributed by atoms with E-state index in [2.05, 4.69) is 4.74 Å². The lowest BCUT2D eigenvalue weighted by molar-refractivity contribution is -0.274. The van der Waals surface area contributed by atoms with Gasteiger partial charge in [0.15, 0.2) is 0 Å². The van der Waals surface area contributed by atoms with Crippen LogP contribution >= 0.6 is 0 Å². The van der Waals surface area contributed by atoms with Crippen LogP contribution in [0.1, 0.15) is 18.4 Å². The van der Waals surface area contributed by atoms with E-state index in [0.29, 0.717) is 19.4 Å². The Morgan fingerprint density at radius 2 is 1.68 bits per heavy atom. The van der Waals surface area contributed by atoms with Gasteiger partial charge in [0.25, 0.3) is 0 Å². The summed E-state index contributed by atoms with van der Waals surface area (Å²) in [6, 6.07) is 14.1. The molecule has 0 radical (unpaired) electrons. The summed E-state index contributed by atoms with van der Waals surface area (Å²) in [6.07, 6.45) is -3.90. The number of rotatable bonds is 6. The number of hydrogen-bond donors (Lipinski definition) is 0. The smallest absolute Gasteiger partial charge is 0.406 e. The number of benzene rings is 2. The molecule has 2 aromatic rings. The first-order valence-corrected chi connectivity index (χ1v) is 10.2. The Kier molecular flexibility index (Phi) is 6.26. The van der Waals surface area contributed by atoms with Crippen LogP contribution in [-0.2, 0) is 21.4 Å². The molecule has 1 aliphatic rings. The van der Waals surface area contributed by atoms with Crippen molar-refractivity contribution in [2.75, 3.05) is 13.1 Å². The van der Waals surface area contributed by atoms with E-state index >= 15 is 0 Å². The van der Waals surface area contributed by atoms with Crippen LogP contribution in [0.4, 0.5) is 13.2 Å². The molecule has 1 heterocycles. The number of alkyl halides is 3. The third-order valence-electron chi connectivity index (χ3n) is 4.41. The Hall–Kier alpha value is -2.10. The molecular weight excluding hydrogens is 395 g/mol. The minimum atomic E-state index is -4.88. The third-order valence-corrected chi connectivity index (χ3v) is 6.30. The van der Waals surface area contributed by atoms with Gasteiger partial charge >= 0.3 is 6.36 Å². The molecule has 2 aromatic carbocycles. The molecule has 152 valence electrons. The van der Waals surface area contributed by atoms with Crippen LogP contribution < -0.4 is 4.74 Å². The van der Waals surface area contributed by atoms with E-state index in [-0.39, 0.29) is 24.1 Å². The molecule has 0 unspecified atom stereocenters. The molecule has 0 aliphatic carbocycles. The summed E-state index contributed by atoms with van der Waals surface area (Å²) in [4.78, 5) is -0.224. The minimum Gasteiger partial charge on any atom is -0.406 e. The van der Waals surface area contributed by atoms with E-state index in [1.165, 1.54) is 16.4 Å². The Morgan fingerprint density at radius 3 is 2.32 bits per heavy atom. The average molecular weight is 415 g/mol. The molecule has 0 N–H and O–H groups in total. The molecule has 0 bridgehead atoms. The van der Waals surface area contributed by atoms with Crippen LogP contribution in [0.5, 0.6) is 5.75 Å². The van der Waals surface area contributed by atoms with Gasteiger partial charge in [-0.2, -0.15) is 4.31 Å². The van der Waals surface area contributed by atoms with Gasteiger partial charge in [-0.15, -0.1) is 13.2 Å². The predicted octanol–water partition coefficient (Wildman–Crippen LogP) is 3.96. The zero-order chi connectivity index (χ0) is 20.2. The molecule has 5 nitrogen and oxygen atoms in total. The van der Waals surface area contributed by atoms with Crippen molar-refractivity contribution in [3.8, 4) is 5.75 Å². The summed E-state index contributed by atoms with van der Waals surface area (Å²) in [6.45, 7) is 0.938. The molecule has 1 aliphatic heterocycles. The van der Waals surface area contributed by atoms with E-state index < -0.39 is 22.1 Å². The van der Waals surface area contributed by atoms with Crippen molar-refractivity contribution < 1.29 is 31.1 Å². The highest BCUT2D eigenvalue weighted by atomic mass is 32.2. The van der Waals surface area contributed by atoms with Gasteiger partial charge in [0.2, 0.25) is 10.0 Å². The lowest BCUT2D eigenvalue weighted by atomic mass is 10.1. The molecule has 3 rings (SSSR count). The lowest BCUT2D eigenvalue weighted by Gasteiger charge is -2.31. The van der Waals surface area contributed by atoms with Crippen LogP contribution in [0.3, 0.4) is 0 Å². The van der Waals surface area contributed by atoms with Crippen molar-refractivity contribution in [3.63, 3.8) is 0 Å². The quantitative estimate of drug-likeness (QED) is 0.717. The van der Waals surface area contributed by atoms with E-state index in [9.17, 15) is 21.6 Å². The highest BCUT2D eigenvalue weighted by Crippen LogP contribution is 2.28. The molecular formula is C19H20F3NO4S. The topological polar surface area (TPSA) is 55.8 Å². The normalized spacial score (nSPS) is 16.8. The van der Waals surface area contributed by atoms with Crippen LogP contribution in [-0.4, -0.2) is 38.3 Å². The van der Waals surface area contributed by atoms with Gasteiger partial charge in [-0.1, -0.05) is 36.4 Å². The maximum Gasteiger partial charge on any atom is 0.573 e. The molecule has 1 saturated heterocycles. The Labute approximate surface area is 161 Å². The Bertz CT molecular complexity index is 880. The fraction of sp³-hybridized carbons (Fsp3) is 0.368. The lowest BCUT2D eigenvalue weighted by Crippen LogP contribution is -2.40. The molecule has 0 aromatic heterocycles. The second kappa shape index (κ2) is 8.50. The van der Waals surface area contributed by atoms with Crippen molar-refractivity contribution >= 4 is 10.0 Å². The van der Waals surface area contributed by atoms with Gasteiger partial charge in [0.1, 0.15) is 5.75 Å². The van der Waals surface area contributed by atoms with Crippen LogP contribution in [0.2, 0.25) is 0 Å². The molecule has 1 fully saturated rings. The maximum absolute atomic E-state index is 12.7. The number of hydrogen-bond acceptors (Lipinski definition) is 4. The van der Waals surface area contributed by atoms with Gasteiger partial charge in [-0.05, 0) is 30.5 Å². The molecule has 9 heteroatoms. The van der Waals surface area contributed by atoms with Crippen molar-refractivity contribution in [3.05, 3.63) is 60.2 Å². The third kappa shape index (κ3) is 5.46.